The first-order valence-corrected chi connectivity index (χ1v) is 19.6. The molecule has 0 saturated heterocycles. The van der Waals surface area contributed by atoms with Gasteiger partial charge in [0.1, 0.15) is 12.7 Å². The van der Waals surface area contributed by atoms with E-state index in [0.29, 0.717) is 19.4 Å². The van der Waals surface area contributed by atoms with Crippen LogP contribution in [0.2, 0.25) is 0 Å². The fraction of sp³-hybridized carbons (Fsp3) is 0.762. The van der Waals surface area contributed by atoms with Crippen LogP contribution < -0.4 is 0 Å². The maximum Gasteiger partial charge on any atom is 0.306 e. The number of carbonyl (C=O) groups excluding carboxylic acids is 2. The SMILES string of the molecule is CCCCC/C=C\C/C=C\CCCCCCCC(=O)OCC(C)OCC(C)OC(=O)CCCCCCC/C=C\C/C=C\CCCCC. The number of ether oxygens (including phenoxy) is 3. The van der Waals surface area contributed by atoms with Gasteiger partial charge in [-0.05, 0) is 90.9 Å². The van der Waals surface area contributed by atoms with E-state index < -0.39 is 0 Å². The van der Waals surface area contributed by atoms with Crippen molar-refractivity contribution in [2.45, 2.75) is 194 Å². The van der Waals surface area contributed by atoms with Gasteiger partial charge in [0.25, 0.3) is 0 Å². The summed E-state index contributed by atoms with van der Waals surface area (Å²) in [6.45, 7) is 8.73. The van der Waals surface area contributed by atoms with Crippen LogP contribution in [0.1, 0.15) is 182 Å². The molecule has 0 heterocycles. The third-order valence-corrected chi connectivity index (χ3v) is 8.09. The topological polar surface area (TPSA) is 61.8 Å². The zero-order valence-corrected chi connectivity index (χ0v) is 31.2. The van der Waals surface area contributed by atoms with Crippen molar-refractivity contribution in [1.82, 2.24) is 0 Å². The quantitative estimate of drug-likeness (QED) is 0.0391. The van der Waals surface area contributed by atoms with Gasteiger partial charge in [-0.25, -0.2) is 0 Å². The second-order valence-electron chi connectivity index (χ2n) is 13.1. The van der Waals surface area contributed by atoms with Crippen molar-refractivity contribution in [1.29, 1.82) is 0 Å². The van der Waals surface area contributed by atoms with E-state index in [-0.39, 0.29) is 30.8 Å². The van der Waals surface area contributed by atoms with Crippen LogP contribution in [-0.2, 0) is 23.8 Å². The summed E-state index contributed by atoms with van der Waals surface area (Å²) in [5.74, 6) is -0.328. The minimum absolute atomic E-state index is 0.164. The lowest BCUT2D eigenvalue weighted by molar-refractivity contribution is -0.154. The molecule has 272 valence electrons. The molecule has 0 bridgehead atoms. The standard InChI is InChI=1S/C42H74O5/c1-5-7-9-11-13-15-17-19-21-23-25-27-29-31-33-35-41(43)46-37-39(3)45-38-40(4)47-42(44)36-34-32-30-28-26-24-22-20-18-16-14-12-10-8-6-2/h13-16,19-22,39-40H,5-12,17-18,23-38H2,1-4H3/b15-13-,16-14-,21-19-,22-20-. The van der Waals surface area contributed by atoms with Gasteiger partial charge < -0.3 is 14.2 Å². The number of unbranched alkanes of at least 4 members (excludes halogenated alkanes) is 16. The van der Waals surface area contributed by atoms with E-state index in [0.717, 1.165) is 64.2 Å². The summed E-state index contributed by atoms with van der Waals surface area (Å²) in [6.07, 6.45) is 44.2. The second-order valence-corrected chi connectivity index (χ2v) is 13.1. The Balaban J connectivity index is 3.59. The van der Waals surface area contributed by atoms with Gasteiger partial charge in [-0.1, -0.05) is 127 Å². The summed E-state index contributed by atoms with van der Waals surface area (Å²) in [4.78, 5) is 24.2. The predicted octanol–water partition coefficient (Wildman–Crippen LogP) is 12.5. The van der Waals surface area contributed by atoms with Crippen molar-refractivity contribution in [3.8, 4) is 0 Å². The Morgan fingerprint density at radius 2 is 0.872 bits per heavy atom. The molecule has 2 unspecified atom stereocenters. The molecule has 0 aromatic rings. The molecule has 5 heteroatoms. The molecule has 0 amide bonds. The van der Waals surface area contributed by atoms with Crippen LogP contribution in [0.3, 0.4) is 0 Å². The van der Waals surface area contributed by atoms with Crippen molar-refractivity contribution in [2.75, 3.05) is 13.2 Å². The van der Waals surface area contributed by atoms with Crippen LogP contribution in [-0.4, -0.2) is 37.4 Å². The first-order valence-electron chi connectivity index (χ1n) is 19.6. The molecule has 0 rings (SSSR count). The minimum atomic E-state index is -0.314. The molecule has 0 saturated carbocycles. The fourth-order valence-corrected chi connectivity index (χ4v) is 5.11. The molecule has 0 aliphatic rings. The Hall–Kier alpha value is -2.14. The van der Waals surface area contributed by atoms with Crippen LogP contribution in [0.4, 0.5) is 0 Å². The smallest absolute Gasteiger partial charge is 0.306 e. The lowest BCUT2D eigenvalue weighted by Gasteiger charge is -2.18. The molecule has 0 aliphatic carbocycles. The number of allylic oxidation sites excluding steroid dienone is 8. The molecule has 47 heavy (non-hydrogen) atoms. The Kier molecular flexibility index (Phi) is 35.0. The lowest BCUT2D eigenvalue weighted by atomic mass is 10.1. The van der Waals surface area contributed by atoms with Crippen LogP contribution in [0.15, 0.2) is 48.6 Å². The van der Waals surface area contributed by atoms with Gasteiger partial charge in [-0.2, -0.15) is 0 Å². The van der Waals surface area contributed by atoms with E-state index >= 15 is 0 Å². The molecular formula is C42H74O5. The minimum Gasteiger partial charge on any atom is -0.463 e. The van der Waals surface area contributed by atoms with Crippen LogP contribution in [0, 0.1) is 0 Å². The molecule has 2 atom stereocenters. The largest absolute Gasteiger partial charge is 0.463 e. The highest BCUT2D eigenvalue weighted by Gasteiger charge is 2.13. The van der Waals surface area contributed by atoms with Gasteiger partial charge >= 0.3 is 11.9 Å². The average molecular weight is 659 g/mol. The van der Waals surface area contributed by atoms with Crippen molar-refractivity contribution < 1.29 is 23.8 Å². The van der Waals surface area contributed by atoms with Gasteiger partial charge in [-0.15, -0.1) is 0 Å². The molecular weight excluding hydrogens is 584 g/mol. The Bertz CT molecular complexity index is 812. The highest BCUT2D eigenvalue weighted by Crippen LogP contribution is 2.11. The van der Waals surface area contributed by atoms with E-state index in [9.17, 15) is 9.59 Å². The average Bonchev–Trinajstić information content (AvgIpc) is 3.06. The van der Waals surface area contributed by atoms with Crippen molar-refractivity contribution in [3.05, 3.63) is 48.6 Å². The van der Waals surface area contributed by atoms with Gasteiger partial charge in [0, 0.05) is 12.8 Å². The van der Waals surface area contributed by atoms with E-state index in [1.54, 1.807) is 0 Å². The molecule has 0 fully saturated rings. The van der Waals surface area contributed by atoms with Crippen LogP contribution in [0.5, 0.6) is 0 Å². The molecule has 0 radical (unpaired) electrons. The first-order chi connectivity index (χ1) is 23.0. The number of carbonyl (C=O) groups is 2. The van der Waals surface area contributed by atoms with Crippen molar-refractivity contribution in [3.63, 3.8) is 0 Å². The summed E-state index contributed by atoms with van der Waals surface area (Å²) in [6, 6.07) is 0. The van der Waals surface area contributed by atoms with E-state index in [4.69, 9.17) is 14.2 Å². The van der Waals surface area contributed by atoms with E-state index in [1.807, 2.05) is 13.8 Å². The van der Waals surface area contributed by atoms with Crippen molar-refractivity contribution >= 4 is 11.9 Å². The lowest BCUT2D eigenvalue weighted by Crippen LogP contribution is -2.26. The first kappa shape index (κ1) is 44.9. The maximum atomic E-state index is 12.2. The molecule has 0 aromatic carbocycles. The summed E-state index contributed by atoms with van der Waals surface area (Å²) in [5, 5.41) is 0. The number of rotatable bonds is 34. The molecule has 0 spiro atoms. The zero-order chi connectivity index (χ0) is 34.5. The molecule has 0 aliphatic heterocycles. The number of esters is 2. The normalized spacial score (nSPS) is 13.4. The predicted molar refractivity (Wildman–Crippen MR) is 201 cm³/mol. The third-order valence-electron chi connectivity index (χ3n) is 8.09. The van der Waals surface area contributed by atoms with Crippen molar-refractivity contribution in [2.24, 2.45) is 0 Å². The fourth-order valence-electron chi connectivity index (χ4n) is 5.11. The second kappa shape index (κ2) is 36.7. The number of hydrogen-bond acceptors (Lipinski definition) is 5. The van der Waals surface area contributed by atoms with Gasteiger partial charge in [0.15, 0.2) is 0 Å². The summed E-state index contributed by atoms with van der Waals surface area (Å²) in [5.41, 5.74) is 0. The summed E-state index contributed by atoms with van der Waals surface area (Å²) in [7, 11) is 0. The van der Waals surface area contributed by atoms with Gasteiger partial charge in [0.05, 0.1) is 12.7 Å². The van der Waals surface area contributed by atoms with Gasteiger partial charge in [0.2, 0.25) is 0 Å². The highest BCUT2D eigenvalue weighted by molar-refractivity contribution is 5.69. The zero-order valence-electron chi connectivity index (χ0n) is 31.2. The van der Waals surface area contributed by atoms with E-state index in [2.05, 4.69) is 62.5 Å². The Morgan fingerprint density at radius 1 is 0.468 bits per heavy atom. The monoisotopic (exact) mass is 659 g/mol. The van der Waals surface area contributed by atoms with E-state index in [1.165, 1.54) is 77.0 Å². The van der Waals surface area contributed by atoms with Gasteiger partial charge in [-0.3, -0.25) is 9.59 Å². The summed E-state index contributed by atoms with van der Waals surface area (Å²) >= 11 is 0. The molecule has 5 nitrogen and oxygen atoms in total. The molecule has 0 aromatic heterocycles. The van der Waals surface area contributed by atoms with Crippen LogP contribution >= 0.6 is 0 Å². The maximum absolute atomic E-state index is 12.2. The Labute approximate surface area is 291 Å². The highest BCUT2D eigenvalue weighted by atomic mass is 16.6. The number of hydrogen-bond donors (Lipinski definition) is 0. The molecule has 0 N–H and O–H groups in total. The summed E-state index contributed by atoms with van der Waals surface area (Å²) < 4.78 is 16.6. The third kappa shape index (κ3) is 36.5. The van der Waals surface area contributed by atoms with Crippen LogP contribution in [0.25, 0.3) is 0 Å². The Morgan fingerprint density at radius 3 is 1.34 bits per heavy atom.